The quantitative estimate of drug-likeness (QED) is 0.723. The van der Waals surface area contributed by atoms with E-state index in [1.54, 1.807) is 0 Å². The van der Waals surface area contributed by atoms with Crippen molar-refractivity contribution in [1.29, 1.82) is 0 Å². The van der Waals surface area contributed by atoms with Crippen LogP contribution in [0, 0.1) is 0 Å². The van der Waals surface area contributed by atoms with Crippen molar-refractivity contribution in [3.05, 3.63) is 23.9 Å². The number of hydrogen-bond donors (Lipinski definition) is 2. The van der Waals surface area contributed by atoms with Crippen molar-refractivity contribution in [3.63, 3.8) is 0 Å². The third-order valence-corrected chi connectivity index (χ3v) is 3.50. The van der Waals surface area contributed by atoms with Crippen LogP contribution in [0.4, 0.5) is 5.82 Å². The first-order valence-electron chi connectivity index (χ1n) is 7.00. The van der Waals surface area contributed by atoms with Crippen molar-refractivity contribution < 1.29 is 0 Å². The summed E-state index contributed by atoms with van der Waals surface area (Å²) in [5.41, 5.74) is 6.77. The van der Waals surface area contributed by atoms with Gasteiger partial charge >= 0.3 is 0 Å². The van der Waals surface area contributed by atoms with Crippen LogP contribution in [0.5, 0.6) is 0 Å². The largest absolute Gasteiger partial charge is 0.370 e. The van der Waals surface area contributed by atoms with Gasteiger partial charge in [0.2, 0.25) is 0 Å². The molecule has 1 fully saturated rings. The number of pyridine rings is 1. The van der Waals surface area contributed by atoms with Gasteiger partial charge in [-0.15, -0.1) is 0 Å². The van der Waals surface area contributed by atoms with Gasteiger partial charge in [-0.05, 0) is 51.4 Å². The van der Waals surface area contributed by atoms with E-state index in [2.05, 4.69) is 15.2 Å². The molecule has 1 saturated heterocycles. The zero-order valence-corrected chi connectivity index (χ0v) is 11.1. The maximum Gasteiger partial charge on any atom is 0.130 e. The van der Waals surface area contributed by atoms with Gasteiger partial charge in [-0.1, -0.05) is 6.07 Å². The fourth-order valence-electron chi connectivity index (χ4n) is 2.44. The fraction of sp³-hybridized carbons (Fsp3) is 0.643. The highest BCUT2D eigenvalue weighted by Gasteiger charge is 2.10. The molecule has 1 aromatic rings. The monoisotopic (exact) mass is 248 g/mol. The van der Waals surface area contributed by atoms with Gasteiger partial charge < -0.3 is 16.0 Å². The zero-order chi connectivity index (χ0) is 12.6. The summed E-state index contributed by atoms with van der Waals surface area (Å²) < 4.78 is 0. The molecule has 4 nitrogen and oxygen atoms in total. The normalized spacial score (nSPS) is 16.1. The minimum absolute atomic E-state index is 0.546. The second-order valence-corrected chi connectivity index (χ2v) is 4.90. The van der Waals surface area contributed by atoms with Crippen LogP contribution in [0.2, 0.25) is 0 Å². The number of aromatic nitrogens is 1. The molecule has 0 amide bonds. The van der Waals surface area contributed by atoms with Gasteiger partial charge in [-0.25, -0.2) is 4.98 Å². The Balaban J connectivity index is 1.62. The predicted molar refractivity (Wildman–Crippen MR) is 75.5 cm³/mol. The summed E-state index contributed by atoms with van der Waals surface area (Å²) in [6.45, 7) is 5.37. The molecule has 3 N–H and O–H groups in total. The number of nitrogens with zero attached hydrogens (tertiary/aromatic N) is 2. The van der Waals surface area contributed by atoms with E-state index in [4.69, 9.17) is 5.73 Å². The average Bonchev–Trinajstić information content (AvgIpc) is 2.92. The maximum absolute atomic E-state index is 5.68. The summed E-state index contributed by atoms with van der Waals surface area (Å²) in [5.74, 6) is 0.946. The number of hydrogen-bond acceptors (Lipinski definition) is 4. The molecular weight excluding hydrogens is 224 g/mol. The Labute approximate surface area is 110 Å². The lowest BCUT2D eigenvalue weighted by molar-refractivity contribution is 0.331. The predicted octanol–water partition coefficient (Wildman–Crippen LogP) is 1.83. The molecule has 0 atom stereocenters. The van der Waals surface area contributed by atoms with Crippen molar-refractivity contribution in [2.24, 2.45) is 5.73 Å². The molecule has 0 aromatic carbocycles. The highest BCUT2D eigenvalue weighted by Crippen LogP contribution is 2.11. The molecule has 2 rings (SSSR count). The Morgan fingerprint density at radius 2 is 2.11 bits per heavy atom. The lowest BCUT2D eigenvalue weighted by Gasteiger charge is -2.14. The molecular formula is C14H24N4. The Hall–Kier alpha value is -1.13. The molecule has 0 radical (unpaired) electrons. The van der Waals surface area contributed by atoms with Crippen molar-refractivity contribution in [2.45, 2.75) is 32.2 Å². The van der Waals surface area contributed by atoms with Gasteiger partial charge in [0.1, 0.15) is 5.82 Å². The van der Waals surface area contributed by atoms with E-state index in [1.807, 2.05) is 18.3 Å². The van der Waals surface area contributed by atoms with Crippen molar-refractivity contribution in [1.82, 2.24) is 9.88 Å². The Morgan fingerprint density at radius 3 is 2.89 bits per heavy atom. The van der Waals surface area contributed by atoms with E-state index >= 15 is 0 Å². The number of nitrogens with two attached hydrogens (primary N) is 1. The van der Waals surface area contributed by atoms with Crippen LogP contribution in [0.25, 0.3) is 0 Å². The summed E-state index contributed by atoms with van der Waals surface area (Å²) in [7, 11) is 0. The second-order valence-electron chi connectivity index (χ2n) is 4.90. The van der Waals surface area contributed by atoms with Crippen molar-refractivity contribution in [2.75, 3.05) is 31.5 Å². The van der Waals surface area contributed by atoms with E-state index in [1.165, 1.54) is 45.3 Å². The van der Waals surface area contributed by atoms with Gasteiger partial charge in [0, 0.05) is 24.8 Å². The first-order valence-corrected chi connectivity index (χ1v) is 7.00. The average molecular weight is 248 g/mol. The van der Waals surface area contributed by atoms with Gasteiger partial charge in [0.05, 0.1) is 0 Å². The van der Waals surface area contributed by atoms with Crippen LogP contribution in [0.15, 0.2) is 18.3 Å². The highest BCUT2D eigenvalue weighted by molar-refractivity contribution is 5.43. The van der Waals surface area contributed by atoms with E-state index < -0.39 is 0 Å². The number of likely N-dealkylation sites (tertiary alicyclic amines) is 1. The van der Waals surface area contributed by atoms with E-state index in [9.17, 15) is 0 Å². The molecule has 1 aliphatic heterocycles. The van der Waals surface area contributed by atoms with E-state index in [0.717, 1.165) is 17.9 Å². The lowest BCUT2D eigenvalue weighted by atomic mass is 10.2. The van der Waals surface area contributed by atoms with Crippen LogP contribution in [0.1, 0.15) is 31.2 Å². The maximum atomic E-state index is 5.68. The van der Waals surface area contributed by atoms with Gasteiger partial charge in [0.25, 0.3) is 0 Å². The van der Waals surface area contributed by atoms with Crippen molar-refractivity contribution in [3.8, 4) is 0 Å². The smallest absolute Gasteiger partial charge is 0.130 e. The Morgan fingerprint density at radius 1 is 1.28 bits per heavy atom. The minimum Gasteiger partial charge on any atom is -0.370 e. The van der Waals surface area contributed by atoms with Crippen molar-refractivity contribution >= 4 is 5.82 Å². The lowest BCUT2D eigenvalue weighted by Crippen LogP contribution is -2.21. The van der Waals surface area contributed by atoms with E-state index in [0.29, 0.717) is 6.54 Å². The summed E-state index contributed by atoms with van der Waals surface area (Å²) in [6, 6.07) is 3.96. The fourth-order valence-corrected chi connectivity index (χ4v) is 2.44. The van der Waals surface area contributed by atoms with Gasteiger partial charge in [-0.2, -0.15) is 0 Å². The molecule has 1 aliphatic rings. The highest BCUT2D eigenvalue weighted by atomic mass is 15.1. The molecule has 0 bridgehead atoms. The third kappa shape index (κ3) is 3.96. The SMILES string of the molecule is NCc1cccnc1NCCCCN1CCCC1. The minimum atomic E-state index is 0.546. The summed E-state index contributed by atoms with van der Waals surface area (Å²) in [4.78, 5) is 6.88. The number of rotatable bonds is 7. The summed E-state index contributed by atoms with van der Waals surface area (Å²) in [6.07, 6.45) is 7.03. The first kappa shape index (κ1) is 13.3. The first-order chi connectivity index (χ1) is 8.90. The Bertz CT molecular complexity index is 347. The molecule has 0 saturated carbocycles. The standard InChI is InChI=1S/C14H24N4/c15-12-13-6-5-8-17-14(13)16-7-1-2-9-18-10-3-4-11-18/h5-6,8H,1-4,7,9-12,15H2,(H,16,17). The van der Waals surface area contributed by atoms with Gasteiger partial charge in [-0.3, -0.25) is 0 Å². The molecule has 100 valence electrons. The molecule has 18 heavy (non-hydrogen) atoms. The van der Waals surface area contributed by atoms with Gasteiger partial charge in [0.15, 0.2) is 0 Å². The molecule has 1 aromatic heterocycles. The number of anilines is 1. The van der Waals surface area contributed by atoms with Crippen LogP contribution in [-0.4, -0.2) is 36.1 Å². The second kappa shape index (κ2) is 7.34. The van der Waals surface area contributed by atoms with E-state index in [-0.39, 0.29) is 0 Å². The van der Waals surface area contributed by atoms with Crippen LogP contribution < -0.4 is 11.1 Å². The van der Waals surface area contributed by atoms with Crippen LogP contribution in [0.3, 0.4) is 0 Å². The molecule has 0 unspecified atom stereocenters. The topological polar surface area (TPSA) is 54.2 Å². The van der Waals surface area contributed by atoms with Crippen LogP contribution in [-0.2, 0) is 6.54 Å². The van der Waals surface area contributed by atoms with Crippen LogP contribution >= 0.6 is 0 Å². The summed E-state index contributed by atoms with van der Waals surface area (Å²) >= 11 is 0. The summed E-state index contributed by atoms with van der Waals surface area (Å²) in [5, 5.41) is 3.38. The molecule has 2 heterocycles. The molecule has 4 heteroatoms. The Kier molecular flexibility index (Phi) is 5.42. The number of unbranched alkanes of at least 4 members (excludes halogenated alkanes) is 1. The number of nitrogens with one attached hydrogen (secondary N) is 1. The molecule has 0 spiro atoms. The third-order valence-electron chi connectivity index (χ3n) is 3.50. The molecule has 0 aliphatic carbocycles. The zero-order valence-electron chi connectivity index (χ0n) is 11.1.